The van der Waals surface area contributed by atoms with E-state index in [9.17, 15) is 0 Å². The van der Waals surface area contributed by atoms with Crippen LogP contribution >= 0.6 is 0 Å². The van der Waals surface area contributed by atoms with Crippen LogP contribution in [0.5, 0.6) is 0 Å². The Morgan fingerprint density at radius 3 is 2.88 bits per heavy atom. The zero-order valence-corrected chi connectivity index (χ0v) is 11.3. The number of hydrogen-bond acceptors (Lipinski definition) is 4. The maximum atomic E-state index is 4.10. The van der Waals surface area contributed by atoms with Gasteiger partial charge in [-0.1, -0.05) is 25.0 Å². The van der Waals surface area contributed by atoms with Crippen molar-refractivity contribution < 1.29 is 0 Å². The minimum absolute atomic E-state index is 0.784. The van der Waals surface area contributed by atoms with Gasteiger partial charge in [0.1, 0.15) is 0 Å². The topological polar surface area (TPSA) is 46.0 Å². The lowest BCUT2D eigenvalue weighted by Gasteiger charge is -2.15. The van der Waals surface area contributed by atoms with Crippen molar-refractivity contribution in [3.05, 3.63) is 11.9 Å². The van der Waals surface area contributed by atoms with E-state index in [4.69, 9.17) is 0 Å². The molecular weight excluding hydrogens is 214 g/mol. The number of unbranched alkanes of at least 4 members (excludes halogenated alkanes) is 2. The molecule has 1 rings (SSSR count). The van der Waals surface area contributed by atoms with Crippen LogP contribution in [0.4, 0.5) is 0 Å². The lowest BCUT2D eigenvalue weighted by atomic mass is 10.2. The Balaban J connectivity index is 2.19. The van der Waals surface area contributed by atoms with E-state index in [-0.39, 0.29) is 0 Å². The Bertz CT molecular complexity index is 297. The second kappa shape index (κ2) is 8.20. The Labute approximate surface area is 104 Å². The molecule has 0 aromatic carbocycles. The van der Waals surface area contributed by atoms with Crippen LogP contribution in [0.2, 0.25) is 0 Å². The SMILES string of the molecule is CCCCCN(C)CCn1cc(CNC)nn1. The maximum absolute atomic E-state index is 4.10. The van der Waals surface area contributed by atoms with Gasteiger partial charge in [-0.05, 0) is 27.1 Å². The van der Waals surface area contributed by atoms with E-state index in [2.05, 4.69) is 34.5 Å². The number of rotatable bonds is 9. The zero-order valence-electron chi connectivity index (χ0n) is 11.3. The number of hydrogen-bond donors (Lipinski definition) is 1. The first-order valence-electron chi connectivity index (χ1n) is 6.48. The molecule has 0 unspecified atom stereocenters. The summed E-state index contributed by atoms with van der Waals surface area (Å²) in [5, 5.41) is 11.3. The molecule has 0 amide bonds. The maximum Gasteiger partial charge on any atom is 0.0964 e. The Morgan fingerprint density at radius 2 is 2.18 bits per heavy atom. The molecule has 0 aliphatic carbocycles. The second-order valence-electron chi connectivity index (χ2n) is 4.51. The number of likely N-dealkylation sites (N-methyl/N-ethyl adjacent to an activating group) is 1. The van der Waals surface area contributed by atoms with E-state index in [1.165, 1.54) is 25.8 Å². The molecule has 5 heteroatoms. The fourth-order valence-electron chi connectivity index (χ4n) is 1.73. The fraction of sp³-hybridized carbons (Fsp3) is 0.833. The van der Waals surface area contributed by atoms with Crippen LogP contribution < -0.4 is 5.32 Å². The summed E-state index contributed by atoms with van der Waals surface area (Å²) < 4.78 is 1.92. The molecule has 0 radical (unpaired) electrons. The van der Waals surface area contributed by atoms with Gasteiger partial charge in [0.05, 0.1) is 12.2 Å². The van der Waals surface area contributed by atoms with Crippen LogP contribution in [-0.4, -0.2) is 47.1 Å². The van der Waals surface area contributed by atoms with Crippen LogP contribution in [0.3, 0.4) is 0 Å². The summed E-state index contributed by atoms with van der Waals surface area (Å²) in [5.41, 5.74) is 1.00. The van der Waals surface area contributed by atoms with E-state index in [1.807, 2.05) is 17.9 Å². The van der Waals surface area contributed by atoms with Crippen LogP contribution in [0.15, 0.2) is 6.20 Å². The molecule has 98 valence electrons. The highest BCUT2D eigenvalue weighted by molar-refractivity contribution is 4.90. The van der Waals surface area contributed by atoms with Gasteiger partial charge in [0.25, 0.3) is 0 Å². The molecule has 0 bridgehead atoms. The molecule has 0 aliphatic heterocycles. The van der Waals surface area contributed by atoms with Crippen LogP contribution in [0, 0.1) is 0 Å². The minimum Gasteiger partial charge on any atom is -0.314 e. The monoisotopic (exact) mass is 239 g/mol. The van der Waals surface area contributed by atoms with Crippen molar-refractivity contribution in [1.82, 2.24) is 25.2 Å². The molecule has 0 saturated heterocycles. The summed E-state index contributed by atoms with van der Waals surface area (Å²) in [5.74, 6) is 0. The third-order valence-corrected chi connectivity index (χ3v) is 2.80. The molecule has 0 aliphatic rings. The van der Waals surface area contributed by atoms with Crippen LogP contribution in [0.1, 0.15) is 31.9 Å². The highest BCUT2D eigenvalue weighted by atomic mass is 15.4. The van der Waals surface area contributed by atoms with Crippen molar-refractivity contribution in [2.75, 3.05) is 27.2 Å². The van der Waals surface area contributed by atoms with Gasteiger partial charge in [-0.2, -0.15) is 0 Å². The fourth-order valence-corrected chi connectivity index (χ4v) is 1.73. The van der Waals surface area contributed by atoms with Crippen molar-refractivity contribution in [3.63, 3.8) is 0 Å². The lowest BCUT2D eigenvalue weighted by molar-refractivity contribution is 0.304. The van der Waals surface area contributed by atoms with Gasteiger partial charge in [0, 0.05) is 19.3 Å². The largest absolute Gasteiger partial charge is 0.314 e. The van der Waals surface area contributed by atoms with Crippen molar-refractivity contribution in [1.29, 1.82) is 0 Å². The van der Waals surface area contributed by atoms with Gasteiger partial charge in [-0.25, -0.2) is 0 Å². The van der Waals surface area contributed by atoms with Gasteiger partial charge in [-0.15, -0.1) is 5.10 Å². The third-order valence-electron chi connectivity index (χ3n) is 2.80. The highest BCUT2D eigenvalue weighted by Gasteiger charge is 2.01. The quantitative estimate of drug-likeness (QED) is 0.656. The normalized spacial score (nSPS) is 11.3. The Morgan fingerprint density at radius 1 is 1.35 bits per heavy atom. The number of nitrogens with zero attached hydrogens (tertiary/aromatic N) is 4. The predicted molar refractivity (Wildman–Crippen MR) is 69.8 cm³/mol. The zero-order chi connectivity index (χ0) is 12.5. The summed E-state index contributed by atoms with van der Waals surface area (Å²) in [4.78, 5) is 2.36. The van der Waals surface area contributed by atoms with Gasteiger partial charge in [0.2, 0.25) is 0 Å². The number of aromatic nitrogens is 3. The van der Waals surface area contributed by atoms with E-state index >= 15 is 0 Å². The molecule has 1 heterocycles. The predicted octanol–water partition coefficient (Wildman–Crippen LogP) is 1.12. The van der Waals surface area contributed by atoms with E-state index in [0.717, 1.165) is 25.3 Å². The summed E-state index contributed by atoms with van der Waals surface area (Å²) >= 11 is 0. The summed E-state index contributed by atoms with van der Waals surface area (Å²) in [6.45, 7) is 6.14. The van der Waals surface area contributed by atoms with E-state index < -0.39 is 0 Å². The molecular formula is C12H25N5. The average Bonchev–Trinajstić information content (AvgIpc) is 2.75. The van der Waals surface area contributed by atoms with Gasteiger partial charge < -0.3 is 10.2 Å². The van der Waals surface area contributed by atoms with E-state index in [1.54, 1.807) is 0 Å². The molecule has 17 heavy (non-hydrogen) atoms. The van der Waals surface area contributed by atoms with E-state index in [0.29, 0.717) is 0 Å². The van der Waals surface area contributed by atoms with Gasteiger partial charge >= 0.3 is 0 Å². The molecule has 0 spiro atoms. The minimum atomic E-state index is 0.784. The van der Waals surface area contributed by atoms with Gasteiger partial charge in [0.15, 0.2) is 0 Å². The van der Waals surface area contributed by atoms with Gasteiger partial charge in [-0.3, -0.25) is 4.68 Å². The van der Waals surface area contributed by atoms with Crippen molar-refractivity contribution >= 4 is 0 Å². The molecule has 0 fully saturated rings. The summed E-state index contributed by atoms with van der Waals surface area (Å²) in [7, 11) is 4.08. The first-order valence-corrected chi connectivity index (χ1v) is 6.48. The summed E-state index contributed by atoms with van der Waals surface area (Å²) in [6.07, 6.45) is 5.90. The molecule has 5 nitrogen and oxygen atoms in total. The Kier molecular flexibility index (Phi) is 6.81. The Hall–Kier alpha value is -0.940. The number of nitrogens with one attached hydrogen (secondary N) is 1. The highest BCUT2D eigenvalue weighted by Crippen LogP contribution is 1.97. The first kappa shape index (κ1) is 14.1. The molecule has 1 N–H and O–H groups in total. The standard InChI is InChI=1S/C12H25N5/c1-4-5-6-7-16(3)8-9-17-11-12(10-13-2)14-15-17/h11,13H,4-10H2,1-3H3. The smallest absolute Gasteiger partial charge is 0.0964 e. The van der Waals surface area contributed by atoms with Crippen molar-refractivity contribution in [2.24, 2.45) is 0 Å². The van der Waals surface area contributed by atoms with Crippen LogP contribution in [0.25, 0.3) is 0 Å². The van der Waals surface area contributed by atoms with Crippen molar-refractivity contribution in [3.8, 4) is 0 Å². The third kappa shape index (κ3) is 5.79. The summed E-state index contributed by atoms with van der Waals surface area (Å²) in [6, 6.07) is 0. The first-order chi connectivity index (χ1) is 8.26. The lowest BCUT2D eigenvalue weighted by Crippen LogP contribution is -2.24. The van der Waals surface area contributed by atoms with Crippen molar-refractivity contribution in [2.45, 2.75) is 39.3 Å². The molecule has 1 aromatic heterocycles. The molecule has 1 aromatic rings. The average molecular weight is 239 g/mol. The van der Waals surface area contributed by atoms with Crippen LogP contribution in [-0.2, 0) is 13.1 Å². The second-order valence-corrected chi connectivity index (χ2v) is 4.51. The molecule has 0 saturated carbocycles. The molecule has 0 atom stereocenters.